The highest BCUT2D eigenvalue weighted by Gasteiger charge is 2.23. The number of sulfone groups is 1. The summed E-state index contributed by atoms with van der Waals surface area (Å²) in [6, 6.07) is 7.61. The fraction of sp³-hybridized carbons (Fsp3) is 0.562. The number of hydrogen-bond acceptors (Lipinski definition) is 5. The molecule has 0 bridgehead atoms. The van der Waals surface area contributed by atoms with E-state index in [1.165, 1.54) is 0 Å². The number of ether oxygens (including phenoxy) is 1. The molecule has 2 aromatic rings. The molecule has 0 radical (unpaired) electrons. The van der Waals surface area contributed by atoms with Gasteiger partial charge in [0.15, 0.2) is 0 Å². The van der Waals surface area contributed by atoms with Crippen molar-refractivity contribution in [2.45, 2.75) is 25.0 Å². The highest BCUT2D eigenvalue weighted by molar-refractivity contribution is 7.91. The van der Waals surface area contributed by atoms with Crippen molar-refractivity contribution in [2.75, 3.05) is 38.6 Å². The molecule has 3 rings (SSSR count). The van der Waals surface area contributed by atoms with Gasteiger partial charge in [-0.15, -0.1) is 0 Å². The summed E-state index contributed by atoms with van der Waals surface area (Å²) in [6.07, 6.45) is 0.592. The fourth-order valence-electron chi connectivity index (χ4n) is 2.93. The summed E-state index contributed by atoms with van der Waals surface area (Å²) in [5.41, 5.74) is 1.62. The van der Waals surface area contributed by atoms with E-state index in [-0.39, 0.29) is 10.9 Å². The molecule has 1 aliphatic heterocycles. The minimum Gasteiger partial charge on any atom is -0.379 e. The van der Waals surface area contributed by atoms with E-state index in [0.717, 1.165) is 43.9 Å². The van der Waals surface area contributed by atoms with Crippen LogP contribution in [-0.2, 0) is 21.1 Å². The molecule has 1 saturated heterocycles. The number of nitrogens with zero attached hydrogens (tertiary/aromatic N) is 3. The first-order valence-electron chi connectivity index (χ1n) is 8.10. The molecule has 0 N–H and O–H groups in total. The van der Waals surface area contributed by atoms with Crippen LogP contribution < -0.4 is 0 Å². The van der Waals surface area contributed by atoms with Crippen LogP contribution in [0.3, 0.4) is 0 Å². The van der Waals surface area contributed by atoms with Crippen LogP contribution in [0.5, 0.6) is 0 Å². The van der Waals surface area contributed by atoms with Gasteiger partial charge in [0, 0.05) is 26.2 Å². The van der Waals surface area contributed by atoms with Gasteiger partial charge in [-0.3, -0.25) is 4.90 Å². The van der Waals surface area contributed by atoms with Gasteiger partial charge < -0.3 is 9.30 Å². The van der Waals surface area contributed by atoms with Crippen LogP contribution in [0, 0.1) is 0 Å². The lowest BCUT2D eigenvalue weighted by Crippen LogP contribution is -2.38. The van der Waals surface area contributed by atoms with Gasteiger partial charge in [-0.25, -0.2) is 13.4 Å². The Morgan fingerprint density at radius 1 is 1.17 bits per heavy atom. The van der Waals surface area contributed by atoms with E-state index in [0.29, 0.717) is 13.0 Å². The number of rotatable bonds is 6. The molecule has 0 amide bonds. The Balaban J connectivity index is 1.92. The smallest absolute Gasteiger partial charge is 0.228 e. The van der Waals surface area contributed by atoms with E-state index in [4.69, 9.17) is 4.74 Å². The van der Waals surface area contributed by atoms with Gasteiger partial charge in [0.2, 0.25) is 15.0 Å². The largest absolute Gasteiger partial charge is 0.379 e. The quantitative estimate of drug-likeness (QED) is 0.800. The van der Waals surface area contributed by atoms with Crippen molar-refractivity contribution >= 4 is 20.9 Å². The fourth-order valence-corrected chi connectivity index (χ4v) is 4.42. The Kier molecular flexibility index (Phi) is 4.99. The molecule has 6 nitrogen and oxygen atoms in total. The third kappa shape index (κ3) is 3.57. The van der Waals surface area contributed by atoms with E-state index in [9.17, 15) is 8.42 Å². The second kappa shape index (κ2) is 6.98. The monoisotopic (exact) mass is 337 g/mol. The number of imidazole rings is 1. The zero-order chi connectivity index (χ0) is 16.3. The summed E-state index contributed by atoms with van der Waals surface area (Å²) in [4.78, 5) is 6.70. The lowest BCUT2D eigenvalue weighted by Gasteiger charge is -2.26. The summed E-state index contributed by atoms with van der Waals surface area (Å²) < 4.78 is 32.3. The molecule has 1 aliphatic rings. The minimum absolute atomic E-state index is 0.133. The van der Waals surface area contributed by atoms with Crippen LogP contribution in [0.2, 0.25) is 0 Å². The van der Waals surface area contributed by atoms with E-state index < -0.39 is 9.84 Å². The summed E-state index contributed by atoms with van der Waals surface area (Å²) in [6.45, 7) is 6.57. The van der Waals surface area contributed by atoms with Gasteiger partial charge in [-0.05, 0) is 18.6 Å². The van der Waals surface area contributed by atoms with Crippen LogP contribution in [0.15, 0.2) is 29.4 Å². The molecule has 0 saturated carbocycles. The topological polar surface area (TPSA) is 64.4 Å². The van der Waals surface area contributed by atoms with E-state index in [1.807, 2.05) is 35.8 Å². The maximum atomic E-state index is 12.6. The zero-order valence-electron chi connectivity index (χ0n) is 13.4. The third-order valence-corrected chi connectivity index (χ3v) is 5.93. The molecule has 1 aromatic carbocycles. The molecule has 0 aliphatic carbocycles. The number of para-hydroxylation sites is 2. The Morgan fingerprint density at radius 2 is 1.91 bits per heavy atom. The average molecular weight is 337 g/mol. The predicted octanol–water partition coefficient (Wildman–Crippen LogP) is 1.55. The standard InChI is InChI=1S/C16H23N3O3S/c1-2-13-23(20,21)16-17-14-5-3-4-6-15(14)19(16)8-7-18-9-11-22-12-10-18/h3-6H,2,7-13H2,1H3. The van der Waals surface area contributed by atoms with Crippen molar-refractivity contribution in [2.24, 2.45) is 0 Å². The summed E-state index contributed by atoms with van der Waals surface area (Å²) >= 11 is 0. The summed E-state index contributed by atoms with van der Waals surface area (Å²) in [5, 5.41) is 0.203. The SMILES string of the molecule is CCCS(=O)(=O)c1nc2ccccc2n1CCN1CCOCC1. The van der Waals surface area contributed by atoms with Crippen molar-refractivity contribution in [3.05, 3.63) is 24.3 Å². The van der Waals surface area contributed by atoms with Crippen LogP contribution in [-0.4, -0.2) is 61.5 Å². The molecule has 0 spiro atoms. The second-order valence-electron chi connectivity index (χ2n) is 5.81. The van der Waals surface area contributed by atoms with Gasteiger partial charge in [0.05, 0.1) is 30.0 Å². The lowest BCUT2D eigenvalue weighted by molar-refractivity contribution is 0.0362. The molecule has 1 fully saturated rings. The van der Waals surface area contributed by atoms with E-state index in [2.05, 4.69) is 9.88 Å². The molecule has 2 heterocycles. The Hall–Kier alpha value is -1.44. The van der Waals surface area contributed by atoms with Gasteiger partial charge in [0.1, 0.15) is 0 Å². The zero-order valence-corrected chi connectivity index (χ0v) is 14.3. The molecule has 0 atom stereocenters. The minimum atomic E-state index is -3.35. The molecule has 0 unspecified atom stereocenters. The maximum Gasteiger partial charge on any atom is 0.228 e. The van der Waals surface area contributed by atoms with Gasteiger partial charge in [0.25, 0.3) is 0 Å². The first-order chi connectivity index (χ1) is 11.1. The summed E-state index contributed by atoms with van der Waals surface area (Å²) in [7, 11) is -3.35. The molecular formula is C16H23N3O3S. The van der Waals surface area contributed by atoms with Crippen molar-refractivity contribution in [3.8, 4) is 0 Å². The van der Waals surface area contributed by atoms with Crippen molar-refractivity contribution in [3.63, 3.8) is 0 Å². The van der Waals surface area contributed by atoms with Crippen molar-refractivity contribution in [1.82, 2.24) is 14.5 Å². The Morgan fingerprint density at radius 3 is 2.65 bits per heavy atom. The highest BCUT2D eigenvalue weighted by Crippen LogP contribution is 2.21. The van der Waals surface area contributed by atoms with Crippen LogP contribution in [0.4, 0.5) is 0 Å². The molecule has 7 heteroatoms. The number of fused-ring (bicyclic) bond motifs is 1. The maximum absolute atomic E-state index is 12.6. The number of hydrogen-bond donors (Lipinski definition) is 0. The number of morpholine rings is 1. The summed E-state index contributed by atoms with van der Waals surface area (Å²) in [5.74, 6) is 0.133. The third-order valence-electron chi connectivity index (χ3n) is 4.11. The van der Waals surface area contributed by atoms with E-state index in [1.54, 1.807) is 0 Å². The lowest BCUT2D eigenvalue weighted by atomic mass is 10.3. The van der Waals surface area contributed by atoms with Crippen LogP contribution in [0.25, 0.3) is 11.0 Å². The molecule has 1 aromatic heterocycles. The molecule has 23 heavy (non-hydrogen) atoms. The van der Waals surface area contributed by atoms with Gasteiger partial charge in [-0.1, -0.05) is 19.1 Å². The van der Waals surface area contributed by atoms with Crippen molar-refractivity contribution < 1.29 is 13.2 Å². The predicted molar refractivity (Wildman–Crippen MR) is 89.3 cm³/mol. The van der Waals surface area contributed by atoms with Gasteiger partial charge >= 0.3 is 0 Å². The van der Waals surface area contributed by atoms with Crippen molar-refractivity contribution in [1.29, 1.82) is 0 Å². The van der Waals surface area contributed by atoms with Crippen LogP contribution in [0.1, 0.15) is 13.3 Å². The number of aromatic nitrogens is 2. The first kappa shape index (κ1) is 16.4. The van der Waals surface area contributed by atoms with Gasteiger partial charge in [-0.2, -0.15) is 0 Å². The first-order valence-corrected chi connectivity index (χ1v) is 9.75. The average Bonchev–Trinajstić information content (AvgIpc) is 2.93. The second-order valence-corrected chi connectivity index (χ2v) is 7.81. The normalized spacial score (nSPS) is 16.9. The van der Waals surface area contributed by atoms with E-state index >= 15 is 0 Å². The molecule has 126 valence electrons. The Bertz CT molecular complexity index is 764. The highest BCUT2D eigenvalue weighted by atomic mass is 32.2. The molecular weight excluding hydrogens is 314 g/mol. The van der Waals surface area contributed by atoms with Crippen LogP contribution >= 0.6 is 0 Å². The number of benzene rings is 1. The Labute approximate surface area is 137 Å².